The van der Waals surface area contributed by atoms with Gasteiger partial charge in [0.2, 0.25) is 5.91 Å². The van der Waals surface area contributed by atoms with E-state index in [4.69, 9.17) is 5.73 Å². The summed E-state index contributed by atoms with van der Waals surface area (Å²) in [5, 5.41) is 2.80. The van der Waals surface area contributed by atoms with Crippen LogP contribution < -0.4 is 11.1 Å². The Labute approximate surface area is 82.5 Å². The number of pyridine rings is 1. The lowest BCUT2D eigenvalue weighted by atomic mass is 10.00. The van der Waals surface area contributed by atoms with Gasteiger partial charge in [0.05, 0.1) is 11.9 Å². The molecule has 3 N–H and O–H groups in total. The minimum atomic E-state index is 0.105. The summed E-state index contributed by atoms with van der Waals surface area (Å²) in [6.07, 6.45) is 2.18. The van der Waals surface area contributed by atoms with Crippen LogP contribution in [0.1, 0.15) is 23.6 Å². The van der Waals surface area contributed by atoms with E-state index >= 15 is 0 Å². The fourth-order valence-corrected chi connectivity index (χ4v) is 1.83. The Morgan fingerprint density at radius 1 is 1.64 bits per heavy atom. The predicted molar refractivity (Wildman–Crippen MR) is 53.8 cm³/mol. The van der Waals surface area contributed by atoms with Gasteiger partial charge in [-0.2, -0.15) is 0 Å². The van der Waals surface area contributed by atoms with Crippen LogP contribution in [0.4, 0.5) is 5.69 Å². The third-order valence-electron chi connectivity index (χ3n) is 2.50. The number of nitrogens with two attached hydrogens (primary N) is 1. The number of anilines is 1. The molecule has 14 heavy (non-hydrogen) atoms. The van der Waals surface area contributed by atoms with Crippen molar-refractivity contribution in [1.82, 2.24) is 10.3 Å². The van der Waals surface area contributed by atoms with Crippen molar-refractivity contribution >= 4 is 11.6 Å². The maximum atomic E-state index is 11.0. The van der Waals surface area contributed by atoms with Gasteiger partial charge in [0.15, 0.2) is 0 Å². The molecule has 1 fully saturated rings. The third-order valence-corrected chi connectivity index (χ3v) is 2.50. The monoisotopic (exact) mass is 191 g/mol. The van der Waals surface area contributed by atoms with Gasteiger partial charge >= 0.3 is 0 Å². The topological polar surface area (TPSA) is 68.0 Å². The molecule has 74 valence electrons. The molecule has 1 aliphatic heterocycles. The van der Waals surface area contributed by atoms with Gasteiger partial charge in [-0.15, -0.1) is 0 Å². The van der Waals surface area contributed by atoms with Crippen LogP contribution in [-0.4, -0.2) is 17.4 Å². The van der Waals surface area contributed by atoms with Crippen LogP contribution in [0.15, 0.2) is 12.3 Å². The first kappa shape index (κ1) is 8.99. The summed E-state index contributed by atoms with van der Waals surface area (Å²) in [7, 11) is 0. The molecule has 0 spiro atoms. The summed E-state index contributed by atoms with van der Waals surface area (Å²) in [6, 6.07) is 1.89. The average Bonchev–Trinajstić information content (AvgIpc) is 2.51. The van der Waals surface area contributed by atoms with Crippen molar-refractivity contribution < 1.29 is 4.79 Å². The molecule has 0 unspecified atom stereocenters. The van der Waals surface area contributed by atoms with E-state index in [1.165, 1.54) is 0 Å². The lowest BCUT2D eigenvalue weighted by molar-refractivity contribution is -0.119. The number of aryl methyl sites for hydroxylation is 1. The van der Waals surface area contributed by atoms with Crippen LogP contribution in [0.2, 0.25) is 0 Å². The lowest BCUT2D eigenvalue weighted by Gasteiger charge is -2.10. The highest BCUT2D eigenvalue weighted by atomic mass is 16.1. The molecule has 0 aromatic carbocycles. The second-order valence-corrected chi connectivity index (χ2v) is 3.68. The Balaban J connectivity index is 2.28. The van der Waals surface area contributed by atoms with Gasteiger partial charge in [0.1, 0.15) is 0 Å². The van der Waals surface area contributed by atoms with Gasteiger partial charge in [-0.25, -0.2) is 0 Å². The number of rotatable bonds is 1. The van der Waals surface area contributed by atoms with Crippen molar-refractivity contribution in [2.45, 2.75) is 19.3 Å². The van der Waals surface area contributed by atoms with E-state index in [0.29, 0.717) is 18.7 Å². The van der Waals surface area contributed by atoms with Crippen molar-refractivity contribution in [2.24, 2.45) is 0 Å². The number of aromatic nitrogens is 1. The number of amides is 1. The first-order valence-electron chi connectivity index (χ1n) is 4.65. The van der Waals surface area contributed by atoms with Crippen molar-refractivity contribution in [3.63, 3.8) is 0 Å². The number of nitrogens with zero attached hydrogens (tertiary/aromatic N) is 1. The summed E-state index contributed by atoms with van der Waals surface area (Å²) < 4.78 is 0. The van der Waals surface area contributed by atoms with Crippen LogP contribution in [-0.2, 0) is 4.79 Å². The zero-order chi connectivity index (χ0) is 10.1. The van der Waals surface area contributed by atoms with Crippen molar-refractivity contribution in [1.29, 1.82) is 0 Å². The maximum absolute atomic E-state index is 11.0. The van der Waals surface area contributed by atoms with Crippen LogP contribution in [0.5, 0.6) is 0 Å². The zero-order valence-electron chi connectivity index (χ0n) is 8.08. The molecule has 4 heteroatoms. The summed E-state index contributed by atoms with van der Waals surface area (Å²) >= 11 is 0. The number of carbonyl (C=O) groups is 1. The van der Waals surface area contributed by atoms with Crippen molar-refractivity contribution in [3.05, 3.63) is 23.5 Å². The second kappa shape index (κ2) is 3.29. The summed E-state index contributed by atoms with van der Waals surface area (Å²) in [5.74, 6) is 0.316. The Bertz CT molecular complexity index is 376. The second-order valence-electron chi connectivity index (χ2n) is 3.68. The molecule has 1 aromatic heterocycles. The van der Waals surface area contributed by atoms with E-state index in [2.05, 4.69) is 10.3 Å². The minimum Gasteiger partial charge on any atom is -0.397 e. The Morgan fingerprint density at radius 2 is 2.43 bits per heavy atom. The number of nitrogens with one attached hydrogen (secondary N) is 1. The van der Waals surface area contributed by atoms with Gasteiger partial charge in [-0.3, -0.25) is 9.78 Å². The fourth-order valence-electron chi connectivity index (χ4n) is 1.83. The highest BCUT2D eigenvalue weighted by Crippen LogP contribution is 2.24. The van der Waals surface area contributed by atoms with E-state index in [-0.39, 0.29) is 11.8 Å². The Hall–Kier alpha value is -1.58. The highest BCUT2D eigenvalue weighted by molar-refractivity contribution is 5.79. The third kappa shape index (κ3) is 1.55. The minimum absolute atomic E-state index is 0.105. The van der Waals surface area contributed by atoms with Crippen LogP contribution in [0.25, 0.3) is 0 Å². The molecule has 2 heterocycles. The van der Waals surface area contributed by atoms with E-state index in [0.717, 1.165) is 11.3 Å². The smallest absolute Gasteiger partial charge is 0.220 e. The summed E-state index contributed by atoms with van der Waals surface area (Å²) in [4.78, 5) is 15.3. The molecule has 1 aliphatic rings. The summed E-state index contributed by atoms with van der Waals surface area (Å²) in [6.45, 7) is 2.66. The molecule has 2 rings (SSSR count). The number of hydrogen-bond acceptors (Lipinski definition) is 3. The number of nitrogen functional groups attached to an aromatic ring is 1. The fraction of sp³-hybridized carbons (Fsp3) is 0.400. The van der Waals surface area contributed by atoms with Crippen LogP contribution in [0.3, 0.4) is 0 Å². The molecular weight excluding hydrogens is 178 g/mol. The Morgan fingerprint density at radius 3 is 3.00 bits per heavy atom. The standard InChI is InChI=1S/C10H13N3O/c1-6-2-8(11)5-13-10(6)7-3-9(14)12-4-7/h2,5,7H,3-4,11H2,1H3,(H,12,14)/t7-/m0/s1. The number of carbonyl (C=O) groups excluding carboxylic acids is 1. The normalized spacial score (nSPS) is 20.9. The van der Waals surface area contributed by atoms with Gasteiger partial charge in [-0.1, -0.05) is 0 Å². The van der Waals surface area contributed by atoms with Crippen LogP contribution >= 0.6 is 0 Å². The molecular formula is C10H13N3O. The molecule has 4 nitrogen and oxygen atoms in total. The van der Waals surface area contributed by atoms with Gasteiger partial charge in [0, 0.05) is 24.6 Å². The van der Waals surface area contributed by atoms with Crippen LogP contribution in [0, 0.1) is 6.92 Å². The molecule has 0 radical (unpaired) electrons. The molecule has 1 aromatic rings. The SMILES string of the molecule is Cc1cc(N)cnc1[C@@H]1CNC(=O)C1. The van der Waals surface area contributed by atoms with Crippen molar-refractivity contribution in [3.8, 4) is 0 Å². The molecule has 1 amide bonds. The van der Waals surface area contributed by atoms with E-state index < -0.39 is 0 Å². The largest absolute Gasteiger partial charge is 0.397 e. The van der Waals surface area contributed by atoms with Crippen molar-refractivity contribution in [2.75, 3.05) is 12.3 Å². The molecule has 0 bridgehead atoms. The van der Waals surface area contributed by atoms with Gasteiger partial charge in [-0.05, 0) is 18.6 Å². The molecule has 1 saturated heterocycles. The van der Waals surface area contributed by atoms with Gasteiger partial charge < -0.3 is 11.1 Å². The number of hydrogen-bond donors (Lipinski definition) is 2. The highest BCUT2D eigenvalue weighted by Gasteiger charge is 2.25. The van der Waals surface area contributed by atoms with E-state index in [1.807, 2.05) is 13.0 Å². The predicted octanol–water partition coefficient (Wildman–Crippen LogP) is 0.576. The first-order valence-corrected chi connectivity index (χ1v) is 4.65. The van der Waals surface area contributed by atoms with E-state index in [1.54, 1.807) is 6.20 Å². The quantitative estimate of drug-likeness (QED) is 0.682. The zero-order valence-corrected chi connectivity index (χ0v) is 8.08. The molecule has 1 atom stereocenters. The molecule has 0 saturated carbocycles. The van der Waals surface area contributed by atoms with Gasteiger partial charge in [0.25, 0.3) is 0 Å². The van der Waals surface area contributed by atoms with E-state index in [9.17, 15) is 4.79 Å². The maximum Gasteiger partial charge on any atom is 0.220 e. The lowest BCUT2D eigenvalue weighted by Crippen LogP contribution is -2.14. The summed E-state index contributed by atoms with van der Waals surface area (Å²) in [5.41, 5.74) is 8.32. The molecule has 0 aliphatic carbocycles. The average molecular weight is 191 g/mol. The Kier molecular flexibility index (Phi) is 2.11. The first-order chi connectivity index (χ1) is 6.66.